The van der Waals surface area contributed by atoms with Gasteiger partial charge < -0.3 is 14.6 Å². The zero-order chi connectivity index (χ0) is 18.8. The summed E-state index contributed by atoms with van der Waals surface area (Å²) in [4.78, 5) is 11.7. The van der Waals surface area contributed by atoms with E-state index in [9.17, 15) is 0 Å². The van der Waals surface area contributed by atoms with E-state index in [0.717, 1.165) is 46.3 Å². The summed E-state index contributed by atoms with van der Waals surface area (Å²) in [5.41, 5.74) is 4.29. The molecular formula is C21H26N4OS. The van der Waals surface area contributed by atoms with E-state index < -0.39 is 0 Å². The molecule has 2 unspecified atom stereocenters. The quantitative estimate of drug-likeness (QED) is 0.701. The molecule has 0 amide bonds. The molecule has 3 aromatic rings. The van der Waals surface area contributed by atoms with Crippen LogP contribution in [-0.2, 0) is 0 Å². The number of benzene rings is 1. The Kier molecular flexibility index (Phi) is 3.69. The molecular weight excluding hydrogens is 356 g/mol. The number of hydrogen-bond acceptors (Lipinski definition) is 6. The Morgan fingerprint density at radius 2 is 2.19 bits per heavy atom. The zero-order valence-corrected chi connectivity index (χ0v) is 17.2. The Balaban J connectivity index is 1.58. The van der Waals surface area contributed by atoms with Crippen molar-refractivity contribution in [2.24, 2.45) is 5.41 Å². The molecule has 0 saturated carbocycles. The Labute approximate surface area is 163 Å². The molecule has 5 nitrogen and oxygen atoms in total. The summed E-state index contributed by atoms with van der Waals surface area (Å²) in [5.74, 6) is 0. The number of oxazole rings is 1. The van der Waals surface area contributed by atoms with Crippen molar-refractivity contribution in [3.05, 3.63) is 29.3 Å². The van der Waals surface area contributed by atoms with Crippen molar-refractivity contribution < 1.29 is 4.42 Å². The van der Waals surface area contributed by atoms with Crippen molar-refractivity contribution >= 4 is 28.5 Å². The average Bonchev–Trinajstić information content (AvgIpc) is 3.34. The molecule has 1 N–H and O–H groups in total. The average molecular weight is 383 g/mol. The van der Waals surface area contributed by atoms with E-state index >= 15 is 0 Å². The van der Waals surface area contributed by atoms with Crippen LogP contribution in [0.2, 0.25) is 0 Å². The van der Waals surface area contributed by atoms with Gasteiger partial charge in [-0.15, -0.1) is 11.3 Å². The highest BCUT2D eigenvalue weighted by Crippen LogP contribution is 2.44. The van der Waals surface area contributed by atoms with Crippen molar-refractivity contribution in [1.29, 1.82) is 0 Å². The van der Waals surface area contributed by atoms with Crippen molar-refractivity contribution in [1.82, 2.24) is 15.3 Å². The number of aryl methyl sites for hydroxylation is 1. The summed E-state index contributed by atoms with van der Waals surface area (Å²) in [6, 6.07) is 5.47. The fourth-order valence-electron chi connectivity index (χ4n) is 4.63. The predicted octanol–water partition coefficient (Wildman–Crippen LogP) is 4.62. The molecule has 1 aromatic carbocycles. The zero-order valence-electron chi connectivity index (χ0n) is 16.4. The van der Waals surface area contributed by atoms with E-state index in [-0.39, 0.29) is 11.0 Å². The molecule has 6 heteroatoms. The van der Waals surface area contributed by atoms with Crippen molar-refractivity contribution in [3.8, 4) is 10.6 Å². The molecule has 2 aliphatic rings. The molecule has 2 atom stereocenters. The third kappa shape index (κ3) is 2.61. The first-order valence-corrected chi connectivity index (χ1v) is 10.6. The minimum absolute atomic E-state index is 0.115. The van der Waals surface area contributed by atoms with E-state index in [1.807, 2.05) is 11.6 Å². The van der Waals surface area contributed by atoms with Gasteiger partial charge in [0.15, 0.2) is 5.58 Å². The summed E-state index contributed by atoms with van der Waals surface area (Å²) in [6.45, 7) is 11.0. The number of fused-ring (bicyclic) bond motifs is 3. The summed E-state index contributed by atoms with van der Waals surface area (Å²) < 4.78 is 6.38. The monoisotopic (exact) mass is 382 g/mol. The van der Waals surface area contributed by atoms with Crippen LogP contribution < -0.4 is 10.2 Å². The standard InChI is InChI=1S/C21H26N4OS/c1-13-5-6-15(18-22-9-10-27-18)17-16(13)23-19(26-17)25-11-14-7-8-21(12-25,24-14)20(2,3)4/h5-6,9-10,14,24H,7-8,11-12H2,1-4H3. The fourth-order valence-corrected chi connectivity index (χ4v) is 5.29. The summed E-state index contributed by atoms with van der Waals surface area (Å²) >= 11 is 1.63. The van der Waals surface area contributed by atoms with Gasteiger partial charge in [-0.3, -0.25) is 0 Å². The van der Waals surface area contributed by atoms with Gasteiger partial charge in [0.1, 0.15) is 10.5 Å². The third-order valence-electron chi connectivity index (χ3n) is 6.40. The van der Waals surface area contributed by atoms with Crippen LogP contribution in [0.25, 0.3) is 21.7 Å². The van der Waals surface area contributed by atoms with Gasteiger partial charge in [-0.25, -0.2) is 4.98 Å². The molecule has 0 spiro atoms. The molecule has 2 saturated heterocycles. The maximum atomic E-state index is 6.38. The van der Waals surface area contributed by atoms with Gasteiger partial charge >= 0.3 is 0 Å². The first kappa shape index (κ1) is 17.2. The van der Waals surface area contributed by atoms with Gasteiger partial charge in [0.2, 0.25) is 0 Å². The van der Waals surface area contributed by atoms with Crippen LogP contribution in [0.15, 0.2) is 28.1 Å². The second kappa shape index (κ2) is 5.79. The van der Waals surface area contributed by atoms with Gasteiger partial charge in [0.05, 0.1) is 5.56 Å². The number of rotatable bonds is 2. The Bertz CT molecular complexity index is 988. The highest BCUT2D eigenvalue weighted by atomic mass is 32.1. The largest absolute Gasteiger partial charge is 0.423 e. The first-order valence-electron chi connectivity index (χ1n) is 9.69. The van der Waals surface area contributed by atoms with Crippen LogP contribution in [0.4, 0.5) is 6.01 Å². The van der Waals surface area contributed by atoms with E-state index in [0.29, 0.717) is 6.04 Å². The maximum absolute atomic E-state index is 6.38. The van der Waals surface area contributed by atoms with Crippen LogP contribution in [0.3, 0.4) is 0 Å². The van der Waals surface area contributed by atoms with Gasteiger partial charge in [-0.05, 0) is 36.8 Å². The molecule has 0 radical (unpaired) electrons. The summed E-state index contributed by atoms with van der Waals surface area (Å²) in [7, 11) is 0. The van der Waals surface area contributed by atoms with E-state index in [4.69, 9.17) is 9.40 Å². The lowest BCUT2D eigenvalue weighted by Gasteiger charge is -2.48. The number of aromatic nitrogens is 2. The summed E-state index contributed by atoms with van der Waals surface area (Å²) in [6.07, 6.45) is 4.27. The lowest BCUT2D eigenvalue weighted by atomic mass is 9.72. The Hall–Kier alpha value is -1.92. The third-order valence-corrected chi connectivity index (χ3v) is 7.21. The topological polar surface area (TPSA) is 54.2 Å². The number of nitrogens with zero attached hydrogens (tertiary/aromatic N) is 3. The number of hydrogen-bond donors (Lipinski definition) is 1. The predicted molar refractivity (Wildman–Crippen MR) is 110 cm³/mol. The lowest BCUT2D eigenvalue weighted by molar-refractivity contribution is 0.143. The number of nitrogens with one attached hydrogen (secondary N) is 1. The molecule has 4 heterocycles. The van der Waals surface area contributed by atoms with Gasteiger partial charge in [0, 0.05) is 36.2 Å². The van der Waals surface area contributed by atoms with Crippen LogP contribution in [0.5, 0.6) is 0 Å². The highest BCUT2D eigenvalue weighted by molar-refractivity contribution is 7.13. The van der Waals surface area contributed by atoms with Crippen molar-refractivity contribution in [3.63, 3.8) is 0 Å². The molecule has 2 fully saturated rings. The minimum Gasteiger partial charge on any atom is -0.423 e. The van der Waals surface area contributed by atoms with Crippen LogP contribution in [0.1, 0.15) is 39.2 Å². The Morgan fingerprint density at radius 1 is 1.33 bits per heavy atom. The minimum atomic E-state index is 0.115. The van der Waals surface area contributed by atoms with E-state index in [1.54, 1.807) is 11.3 Å². The molecule has 0 aliphatic carbocycles. The first-order chi connectivity index (χ1) is 12.9. The van der Waals surface area contributed by atoms with Gasteiger partial charge in [0.25, 0.3) is 6.01 Å². The molecule has 2 aliphatic heterocycles. The fraction of sp³-hybridized carbons (Fsp3) is 0.524. The molecule has 142 valence electrons. The van der Waals surface area contributed by atoms with Crippen LogP contribution in [-0.4, -0.2) is 34.6 Å². The maximum Gasteiger partial charge on any atom is 0.298 e. The van der Waals surface area contributed by atoms with Crippen molar-refractivity contribution in [2.45, 2.75) is 52.1 Å². The smallest absolute Gasteiger partial charge is 0.298 e. The number of piperazine rings is 1. The molecule has 2 aromatic heterocycles. The molecule has 2 bridgehead atoms. The van der Waals surface area contributed by atoms with Gasteiger partial charge in [-0.2, -0.15) is 4.98 Å². The SMILES string of the molecule is Cc1ccc(-c2nccs2)c2oc(N3CC4CCC(C(C)(C)C)(C3)N4)nc12. The Morgan fingerprint density at radius 3 is 2.93 bits per heavy atom. The number of thiazole rings is 1. The van der Waals surface area contributed by atoms with Crippen LogP contribution in [0, 0.1) is 12.3 Å². The van der Waals surface area contributed by atoms with E-state index in [2.05, 4.69) is 55.0 Å². The van der Waals surface area contributed by atoms with Crippen LogP contribution >= 0.6 is 11.3 Å². The highest BCUT2D eigenvalue weighted by Gasteiger charge is 2.52. The lowest BCUT2D eigenvalue weighted by Crippen LogP contribution is -2.65. The number of anilines is 1. The second-order valence-electron chi connectivity index (χ2n) is 9.03. The van der Waals surface area contributed by atoms with E-state index in [1.165, 1.54) is 12.8 Å². The molecule has 5 rings (SSSR count). The normalized spacial score (nSPS) is 25.5. The van der Waals surface area contributed by atoms with Crippen molar-refractivity contribution in [2.75, 3.05) is 18.0 Å². The summed E-state index contributed by atoms with van der Waals surface area (Å²) in [5, 5.41) is 6.88. The molecule has 27 heavy (non-hydrogen) atoms. The second-order valence-corrected chi connectivity index (χ2v) is 9.93. The van der Waals surface area contributed by atoms with Gasteiger partial charge in [-0.1, -0.05) is 26.8 Å².